The maximum absolute atomic E-state index is 4.94. The molecule has 1 heterocycles. The summed E-state index contributed by atoms with van der Waals surface area (Å²) in [5, 5.41) is 0. The Morgan fingerprint density at radius 1 is 1.45 bits per heavy atom. The van der Waals surface area contributed by atoms with E-state index in [1.165, 1.54) is 5.56 Å². The Bertz CT molecular complexity index is 205. The fourth-order valence-electron chi connectivity index (χ4n) is 0.853. The molecule has 0 fully saturated rings. The van der Waals surface area contributed by atoms with Crippen molar-refractivity contribution in [2.24, 2.45) is 0 Å². The van der Waals surface area contributed by atoms with Gasteiger partial charge >= 0.3 is 0 Å². The van der Waals surface area contributed by atoms with Crippen LogP contribution >= 0.6 is 0 Å². The van der Waals surface area contributed by atoms with E-state index >= 15 is 0 Å². The SMILES string of the molecule is COCCc1ccc(C)cn1. The quantitative estimate of drug-likeness (QED) is 0.654. The molecule has 1 rings (SSSR count). The molecule has 11 heavy (non-hydrogen) atoms. The Hall–Kier alpha value is -0.890. The molecule has 1 aromatic rings. The average molecular weight is 151 g/mol. The number of hydrogen-bond donors (Lipinski definition) is 0. The summed E-state index contributed by atoms with van der Waals surface area (Å²) in [5.41, 5.74) is 2.30. The van der Waals surface area contributed by atoms with Crippen molar-refractivity contribution >= 4 is 0 Å². The molecule has 0 saturated carbocycles. The van der Waals surface area contributed by atoms with E-state index in [1.54, 1.807) is 7.11 Å². The molecule has 0 spiro atoms. The zero-order valence-corrected chi connectivity index (χ0v) is 7.00. The number of aryl methyl sites for hydroxylation is 1. The zero-order valence-electron chi connectivity index (χ0n) is 7.00. The Morgan fingerprint density at radius 3 is 2.82 bits per heavy atom. The number of rotatable bonds is 3. The second-order valence-corrected chi connectivity index (χ2v) is 2.57. The second kappa shape index (κ2) is 4.09. The zero-order chi connectivity index (χ0) is 8.10. The predicted molar refractivity (Wildman–Crippen MR) is 44.6 cm³/mol. The van der Waals surface area contributed by atoms with Gasteiger partial charge in [0.2, 0.25) is 0 Å². The molecule has 1 aromatic heterocycles. The standard InChI is InChI=1S/C9H13NO/c1-8-3-4-9(10-7-8)5-6-11-2/h3-4,7H,5-6H2,1-2H3. The van der Waals surface area contributed by atoms with Crippen LogP contribution in [0.4, 0.5) is 0 Å². The maximum Gasteiger partial charge on any atom is 0.0517 e. The van der Waals surface area contributed by atoms with Gasteiger partial charge in [-0.05, 0) is 18.6 Å². The first-order chi connectivity index (χ1) is 5.33. The minimum atomic E-state index is 0.746. The van der Waals surface area contributed by atoms with E-state index in [-0.39, 0.29) is 0 Å². The Labute approximate surface area is 67.2 Å². The van der Waals surface area contributed by atoms with Crippen LogP contribution in [0, 0.1) is 6.92 Å². The first kappa shape index (κ1) is 8.21. The van der Waals surface area contributed by atoms with Gasteiger partial charge in [0.15, 0.2) is 0 Å². The molecule has 0 unspecified atom stereocenters. The monoisotopic (exact) mass is 151 g/mol. The van der Waals surface area contributed by atoms with Gasteiger partial charge < -0.3 is 4.74 Å². The third-order valence-electron chi connectivity index (χ3n) is 1.53. The molecule has 0 saturated heterocycles. The van der Waals surface area contributed by atoms with Gasteiger partial charge in [0.1, 0.15) is 0 Å². The first-order valence-electron chi connectivity index (χ1n) is 3.73. The van der Waals surface area contributed by atoms with Gasteiger partial charge in [0, 0.05) is 25.4 Å². The van der Waals surface area contributed by atoms with E-state index in [0.717, 1.165) is 18.7 Å². The van der Waals surface area contributed by atoms with Crippen molar-refractivity contribution in [3.8, 4) is 0 Å². The molecule has 60 valence electrons. The Kier molecular flexibility index (Phi) is 3.05. The molecular weight excluding hydrogens is 138 g/mol. The smallest absolute Gasteiger partial charge is 0.0517 e. The van der Waals surface area contributed by atoms with E-state index in [2.05, 4.69) is 11.1 Å². The molecule has 2 heteroatoms. The fourth-order valence-corrected chi connectivity index (χ4v) is 0.853. The van der Waals surface area contributed by atoms with Gasteiger partial charge in [-0.25, -0.2) is 0 Å². The predicted octanol–water partition coefficient (Wildman–Crippen LogP) is 1.58. The molecule has 0 aliphatic heterocycles. The highest BCUT2D eigenvalue weighted by molar-refractivity contribution is 5.12. The van der Waals surface area contributed by atoms with Crippen molar-refractivity contribution in [2.45, 2.75) is 13.3 Å². The first-order valence-corrected chi connectivity index (χ1v) is 3.73. The lowest BCUT2D eigenvalue weighted by atomic mass is 10.2. The van der Waals surface area contributed by atoms with Gasteiger partial charge in [-0.2, -0.15) is 0 Å². The number of pyridine rings is 1. The van der Waals surface area contributed by atoms with Gasteiger partial charge in [0.25, 0.3) is 0 Å². The van der Waals surface area contributed by atoms with Crippen LogP contribution in [0.15, 0.2) is 18.3 Å². The molecule has 0 bridgehead atoms. The van der Waals surface area contributed by atoms with Crippen LogP contribution in [0.2, 0.25) is 0 Å². The molecule has 0 aromatic carbocycles. The normalized spacial score (nSPS) is 10.0. The van der Waals surface area contributed by atoms with E-state index in [0.29, 0.717) is 0 Å². The van der Waals surface area contributed by atoms with Crippen molar-refractivity contribution in [2.75, 3.05) is 13.7 Å². The third-order valence-corrected chi connectivity index (χ3v) is 1.53. The lowest BCUT2D eigenvalue weighted by molar-refractivity contribution is 0.201. The van der Waals surface area contributed by atoms with Gasteiger partial charge in [-0.1, -0.05) is 6.07 Å². The summed E-state index contributed by atoms with van der Waals surface area (Å²) < 4.78 is 4.94. The van der Waals surface area contributed by atoms with Crippen LogP contribution in [0.25, 0.3) is 0 Å². The minimum Gasteiger partial charge on any atom is -0.384 e. The number of nitrogens with zero attached hydrogens (tertiary/aromatic N) is 1. The summed E-state index contributed by atoms with van der Waals surface area (Å²) in [6, 6.07) is 4.10. The third kappa shape index (κ3) is 2.68. The summed E-state index contributed by atoms with van der Waals surface area (Å²) in [4.78, 5) is 4.24. The van der Waals surface area contributed by atoms with Crippen molar-refractivity contribution in [3.63, 3.8) is 0 Å². The highest BCUT2D eigenvalue weighted by Crippen LogP contribution is 1.98. The van der Waals surface area contributed by atoms with E-state index in [1.807, 2.05) is 19.2 Å². The average Bonchev–Trinajstić information content (AvgIpc) is 2.04. The Morgan fingerprint density at radius 2 is 2.27 bits per heavy atom. The molecule has 0 aliphatic rings. The molecule has 2 nitrogen and oxygen atoms in total. The van der Waals surface area contributed by atoms with Crippen molar-refractivity contribution in [3.05, 3.63) is 29.6 Å². The molecular formula is C9H13NO. The van der Waals surface area contributed by atoms with Crippen LogP contribution in [-0.2, 0) is 11.2 Å². The lowest BCUT2D eigenvalue weighted by Gasteiger charge is -1.98. The summed E-state index contributed by atoms with van der Waals surface area (Å²) in [6.07, 6.45) is 2.78. The number of aromatic nitrogens is 1. The minimum absolute atomic E-state index is 0.746. The largest absolute Gasteiger partial charge is 0.384 e. The molecule has 0 amide bonds. The second-order valence-electron chi connectivity index (χ2n) is 2.57. The number of hydrogen-bond acceptors (Lipinski definition) is 2. The van der Waals surface area contributed by atoms with Crippen LogP contribution in [0.1, 0.15) is 11.3 Å². The topological polar surface area (TPSA) is 22.1 Å². The van der Waals surface area contributed by atoms with Gasteiger partial charge in [0.05, 0.1) is 6.61 Å². The van der Waals surface area contributed by atoms with Crippen LogP contribution in [-0.4, -0.2) is 18.7 Å². The Balaban J connectivity index is 2.52. The van der Waals surface area contributed by atoms with Gasteiger partial charge in [-0.15, -0.1) is 0 Å². The van der Waals surface area contributed by atoms with E-state index in [9.17, 15) is 0 Å². The molecule has 0 atom stereocenters. The fraction of sp³-hybridized carbons (Fsp3) is 0.444. The van der Waals surface area contributed by atoms with Crippen molar-refractivity contribution in [1.82, 2.24) is 4.98 Å². The summed E-state index contributed by atoms with van der Waals surface area (Å²) >= 11 is 0. The molecule has 0 aliphatic carbocycles. The summed E-state index contributed by atoms with van der Waals surface area (Å²) in [6.45, 7) is 2.78. The molecule has 0 radical (unpaired) electrons. The van der Waals surface area contributed by atoms with Gasteiger partial charge in [-0.3, -0.25) is 4.98 Å². The van der Waals surface area contributed by atoms with Crippen molar-refractivity contribution < 1.29 is 4.74 Å². The summed E-state index contributed by atoms with van der Waals surface area (Å²) in [7, 11) is 1.70. The van der Waals surface area contributed by atoms with E-state index in [4.69, 9.17) is 4.74 Å². The highest BCUT2D eigenvalue weighted by Gasteiger charge is 1.91. The van der Waals surface area contributed by atoms with Crippen LogP contribution < -0.4 is 0 Å². The van der Waals surface area contributed by atoms with E-state index < -0.39 is 0 Å². The number of methoxy groups -OCH3 is 1. The maximum atomic E-state index is 4.94. The van der Waals surface area contributed by atoms with Crippen LogP contribution in [0.5, 0.6) is 0 Å². The highest BCUT2D eigenvalue weighted by atomic mass is 16.5. The number of ether oxygens (including phenoxy) is 1. The summed E-state index contributed by atoms with van der Waals surface area (Å²) in [5.74, 6) is 0. The lowest BCUT2D eigenvalue weighted by Crippen LogP contribution is -1.96. The van der Waals surface area contributed by atoms with Crippen LogP contribution in [0.3, 0.4) is 0 Å². The molecule has 0 N–H and O–H groups in total. The van der Waals surface area contributed by atoms with Crippen molar-refractivity contribution in [1.29, 1.82) is 0 Å².